The maximum atomic E-state index is 14.0. The van der Waals surface area contributed by atoms with Crippen molar-refractivity contribution < 1.29 is 18.7 Å². The third-order valence-corrected chi connectivity index (χ3v) is 4.97. The maximum Gasteiger partial charge on any atom is 0.294 e. The van der Waals surface area contributed by atoms with Crippen LogP contribution in [0.4, 0.5) is 10.1 Å². The Morgan fingerprint density at radius 3 is 2.57 bits per heavy atom. The van der Waals surface area contributed by atoms with Crippen LogP contribution in [0, 0.1) is 5.82 Å². The highest BCUT2D eigenvalue weighted by atomic mass is 19.1. The van der Waals surface area contributed by atoms with Crippen molar-refractivity contribution in [3.05, 3.63) is 65.7 Å². The minimum Gasteiger partial charge on any atom is -0.449 e. The van der Waals surface area contributed by atoms with E-state index in [2.05, 4.69) is 24.1 Å². The number of rotatable bonds is 8. The summed E-state index contributed by atoms with van der Waals surface area (Å²) in [5.74, 6) is -0.806. The number of amides is 2. The van der Waals surface area contributed by atoms with Crippen LogP contribution in [-0.2, 0) is 9.59 Å². The molecule has 1 aliphatic rings. The lowest BCUT2D eigenvalue weighted by Gasteiger charge is -2.30. The van der Waals surface area contributed by atoms with Crippen molar-refractivity contribution in [2.24, 2.45) is 0 Å². The molecule has 6 nitrogen and oxygen atoms in total. The Bertz CT molecular complexity index is 941. The predicted octanol–water partition coefficient (Wildman–Crippen LogP) is 3.05. The van der Waals surface area contributed by atoms with Crippen molar-refractivity contribution >= 4 is 23.6 Å². The Kier molecular flexibility index (Phi) is 7.19. The molecule has 1 aliphatic heterocycles. The lowest BCUT2D eigenvalue weighted by Crippen LogP contribution is -2.45. The van der Waals surface area contributed by atoms with Gasteiger partial charge in [0.1, 0.15) is 12.4 Å². The lowest BCUT2D eigenvalue weighted by molar-refractivity contribution is -0.123. The summed E-state index contributed by atoms with van der Waals surface area (Å²) in [6.07, 6.45) is 1.36. The van der Waals surface area contributed by atoms with Gasteiger partial charge in [0, 0.05) is 18.7 Å². The van der Waals surface area contributed by atoms with Crippen LogP contribution in [-0.4, -0.2) is 49.4 Å². The van der Waals surface area contributed by atoms with Crippen LogP contribution in [0.1, 0.15) is 19.4 Å². The van der Waals surface area contributed by atoms with Gasteiger partial charge in [0.05, 0.1) is 5.69 Å². The van der Waals surface area contributed by atoms with Crippen LogP contribution in [0.25, 0.3) is 6.08 Å². The monoisotopic (exact) mass is 411 g/mol. The van der Waals surface area contributed by atoms with Crippen molar-refractivity contribution in [1.29, 1.82) is 0 Å². The number of anilines is 1. The first kappa shape index (κ1) is 21.5. The van der Waals surface area contributed by atoms with Crippen molar-refractivity contribution in [3.63, 3.8) is 0 Å². The average Bonchev–Trinajstić information content (AvgIpc) is 2.75. The SMILES string of the molecule is CCN(CC)CCNC(=O)CN1C(=O)C(=Cc2ccccc2F)Oc2ccccc21. The van der Waals surface area contributed by atoms with Crippen LogP contribution in [0.2, 0.25) is 0 Å². The van der Waals surface area contributed by atoms with E-state index in [-0.39, 0.29) is 23.8 Å². The van der Waals surface area contributed by atoms with E-state index in [1.807, 2.05) is 0 Å². The quantitative estimate of drug-likeness (QED) is 0.679. The summed E-state index contributed by atoms with van der Waals surface area (Å²) >= 11 is 0. The summed E-state index contributed by atoms with van der Waals surface area (Å²) in [5, 5.41) is 2.86. The molecule has 0 fully saturated rings. The summed E-state index contributed by atoms with van der Waals surface area (Å²) in [7, 11) is 0. The smallest absolute Gasteiger partial charge is 0.294 e. The fourth-order valence-electron chi connectivity index (χ4n) is 3.25. The molecule has 0 atom stereocenters. The zero-order valence-electron chi connectivity index (χ0n) is 17.2. The molecule has 1 heterocycles. The Morgan fingerprint density at radius 1 is 1.13 bits per heavy atom. The Balaban J connectivity index is 1.78. The number of para-hydroxylation sites is 2. The van der Waals surface area contributed by atoms with E-state index >= 15 is 0 Å². The molecular weight excluding hydrogens is 385 g/mol. The summed E-state index contributed by atoms with van der Waals surface area (Å²) in [6, 6.07) is 13.1. The van der Waals surface area contributed by atoms with Crippen molar-refractivity contribution in [2.45, 2.75) is 13.8 Å². The molecule has 0 bridgehead atoms. The standard InChI is InChI=1S/C23H26FN3O3/c1-3-26(4-2)14-13-25-22(28)16-27-19-11-7-8-12-20(19)30-21(23(27)29)15-17-9-5-6-10-18(17)24/h5-12,15H,3-4,13-14,16H2,1-2H3,(H,25,28). The number of hydrogen-bond acceptors (Lipinski definition) is 4. The van der Waals surface area contributed by atoms with Gasteiger partial charge in [0.15, 0.2) is 11.5 Å². The molecule has 0 spiro atoms. The molecule has 0 unspecified atom stereocenters. The number of carbonyl (C=O) groups excluding carboxylic acids is 2. The third kappa shape index (κ3) is 5.04. The van der Waals surface area contributed by atoms with E-state index in [0.29, 0.717) is 18.0 Å². The van der Waals surface area contributed by atoms with Gasteiger partial charge in [0.25, 0.3) is 5.91 Å². The summed E-state index contributed by atoms with van der Waals surface area (Å²) < 4.78 is 19.8. The third-order valence-electron chi connectivity index (χ3n) is 4.97. The summed E-state index contributed by atoms with van der Waals surface area (Å²) in [4.78, 5) is 29.1. The molecule has 0 saturated carbocycles. The van der Waals surface area contributed by atoms with E-state index in [1.54, 1.807) is 42.5 Å². The van der Waals surface area contributed by atoms with Gasteiger partial charge in [-0.05, 0) is 37.4 Å². The van der Waals surface area contributed by atoms with E-state index < -0.39 is 11.7 Å². The van der Waals surface area contributed by atoms with Gasteiger partial charge in [-0.15, -0.1) is 0 Å². The second-order valence-electron chi connectivity index (χ2n) is 6.87. The van der Waals surface area contributed by atoms with Gasteiger partial charge in [-0.2, -0.15) is 0 Å². The fraction of sp³-hybridized carbons (Fsp3) is 0.304. The number of fused-ring (bicyclic) bond motifs is 1. The number of nitrogens with one attached hydrogen (secondary N) is 1. The molecular formula is C23H26FN3O3. The van der Waals surface area contributed by atoms with Gasteiger partial charge < -0.3 is 15.0 Å². The Hall–Kier alpha value is -3.19. The Morgan fingerprint density at radius 2 is 1.83 bits per heavy atom. The highest BCUT2D eigenvalue weighted by Crippen LogP contribution is 2.35. The van der Waals surface area contributed by atoms with Gasteiger partial charge >= 0.3 is 0 Å². The van der Waals surface area contributed by atoms with Crippen LogP contribution in [0.15, 0.2) is 54.3 Å². The number of hydrogen-bond donors (Lipinski definition) is 1. The maximum absolute atomic E-state index is 14.0. The predicted molar refractivity (Wildman–Crippen MR) is 115 cm³/mol. The number of halogens is 1. The number of nitrogens with zero attached hydrogens (tertiary/aromatic N) is 2. The molecule has 3 rings (SSSR count). The zero-order chi connectivity index (χ0) is 21.5. The molecule has 0 aromatic heterocycles. The largest absolute Gasteiger partial charge is 0.449 e. The number of ether oxygens (including phenoxy) is 1. The molecule has 0 saturated heterocycles. The number of benzene rings is 2. The van der Waals surface area contributed by atoms with E-state index in [9.17, 15) is 14.0 Å². The van der Waals surface area contributed by atoms with Crippen molar-refractivity contribution in [2.75, 3.05) is 37.6 Å². The zero-order valence-corrected chi connectivity index (χ0v) is 17.2. The van der Waals surface area contributed by atoms with E-state index in [4.69, 9.17) is 4.74 Å². The molecule has 1 N–H and O–H groups in total. The van der Waals surface area contributed by atoms with E-state index in [0.717, 1.165) is 19.6 Å². The molecule has 2 aromatic carbocycles. The average molecular weight is 411 g/mol. The van der Waals surface area contributed by atoms with Gasteiger partial charge in [-0.3, -0.25) is 14.5 Å². The van der Waals surface area contributed by atoms with Crippen LogP contribution in [0.3, 0.4) is 0 Å². The molecule has 7 heteroatoms. The fourth-order valence-corrected chi connectivity index (χ4v) is 3.25. The van der Waals surface area contributed by atoms with E-state index in [1.165, 1.54) is 17.0 Å². The van der Waals surface area contributed by atoms with Gasteiger partial charge in [-0.1, -0.05) is 44.2 Å². The lowest BCUT2D eigenvalue weighted by atomic mass is 10.1. The molecule has 30 heavy (non-hydrogen) atoms. The van der Waals surface area contributed by atoms with Gasteiger partial charge in [-0.25, -0.2) is 4.39 Å². The molecule has 0 radical (unpaired) electrons. The summed E-state index contributed by atoms with van der Waals surface area (Å²) in [6.45, 7) is 7.05. The molecule has 158 valence electrons. The highest BCUT2D eigenvalue weighted by molar-refractivity contribution is 6.12. The Labute approximate surface area is 175 Å². The first-order valence-electron chi connectivity index (χ1n) is 10.1. The number of likely N-dealkylation sites (N-methyl/N-ethyl adjacent to an activating group) is 1. The minimum atomic E-state index is -0.490. The van der Waals surface area contributed by atoms with Crippen LogP contribution in [0.5, 0.6) is 5.75 Å². The van der Waals surface area contributed by atoms with Gasteiger partial charge in [0.2, 0.25) is 5.91 Å². The highest BCUT2D eigenvalue weighted by Gasteiger charge is 2.31. The summed E-state index contributed by atoms with van der Waals surface area (Å²) in [5.41, 5.74) is 0.746. The second-order valence-corrected chi connectivity index (χ2v) is 6.87. The molecule has 2 amide bonds. The topological polar surface area (TPSA) is 61.9 Å². The molecule has 2 aromatic rings. The van der Waals surface area contributed by atoms with Crippen molar-refractivity contribution in [3.8, 4) is 5.75 Å². The minimum absolute atomic E-state index is 0.0326. The van der Waals surface area contributed by atoms with Crippen LogP contribution < -0.4 is 15.0 Å². The molecule has 0 aliphatic carbocycles. The first-order chi connectivity index (χ1) is 14.5. The number of carbonyl (C=O) groups is 2. The normalized spacial score (nSPS) is 14.6. The van der Waals surface area contributed by atoms with Crippen LogP contribution >= 0.6 is 0 Å². The second kappa shape index (κ2) is 10.0. The first-order valence-corrected chi connectivity index (χ1v) is 10.1. The van der Waals surface area contributed by atoms with Crippen molar-refractivity contribution in [1.82, 2.24) is 10.2 Å².